The van der Waals surface area contributed by atoms with Crippen molar-refractivity contribution in [1.29, 1.82) is 0 Å². The first kappa shape index (κ1) is 17.6. The first-order valence-electron chi connectivity index (χ1n) is 6.50. The quantitative estimate of drug-likeness (QED) is 0.450. The zero-order valence-electron chi connectivity index (χ0n) is 12.3. The van der Waals surface area contributed by atoms with E-state index >= 15 is 0 Å². The van der Waals surface area contributed by atoms with Crippen molar-refractivity contribution in [3.05, 3.63) is 33.8 Å². The number of benzene rings is 1. The van der Waals surface area contributed by atoms with Gasteiger partial charge in [0.1, 0.15) is 0 Å². The Morgan fingerprint density at radius 2 is 1.95 bits per heavy atom. The molecule has 0 aliphatic carbocycles. The molecular weight excluding hydrogens is 311 g/mol. The van der Waals surface area contributed by atoms with E-state index in [0.29, 0.717) is 34.7 Å². The van der Waals surface area contributed by atoms with E-state index in [2.05, 4.69) is 15.6 Å². The van der Waals surface area contributed by atoms with Gasteiger partial charge in [-0.05, 0) is 39.0 Å². The number of hydrogen-bond donors (Lipinski definition) is 3. The van der Waals surface area contributed by atoms with E-state index in [0.717, 1.165) is 0 Å². The molecule has 116 valence electrons. The third-order valence-electron chi connectivity index (χ3n) is 2.36. The summed E-state index contributed by atoms with van der Waals surface area (Å²) in [5.74, 6) is 0.123. The zero-order chi connectivity index (χ0) is 16.0. The predicted octanol–water partition coefficient (Wildman–Crippen LogP) is 2.43. The molecule has 0 heterocycles. The molecule has 0 aromatic heterocycles. The Kier molecular flexibility index (Phi) is 6.30. The molecule has 0 saturated carbocycles. The van der Waals surface area contributed by atoms with Gasteiger partial charge in [-0.25, -0.2) is 0 Å². The normalized spacial score (nSPS) is 12.1. The molecule has 5 nitrogen and oxygen atoms in total. The number of nitrogens with two attached hydrogens (primary N) is 1. The SMILES string of the molecule is CC(C)(C)NC(N)=NCCNC(=O)c1ccc(Cl)c(Cl)c1. The van der Waals surface area contributed by atoms with Crippen LogP contribution in [0.4, 0.5) is 0 Å². The lowest BCUT2D eigenvalue weighted by Gasteiger charge is -2.20. The summed E-state index contributed by atoms with van der Waals surface area (Å²) in [6.07, 6.45) is 0. The van der Waals surface area contributed by atoms with Gasteiger partial charge in [-0.1, -0.05) is 23.2 Å². The van der Waals surface area contributed by atoms with Crippen molar-refractivity contribution in [2.45, 2.75) is 26.3 Å². The van der Waals surface area contributed by atoms with Crippen molar-refractivity contribution in [2.24, 2.45) is 10.7 Å². The molecule has 7 heteroatoms. The Balaban J connectivity index is 2.43. The fraction of sp³-hybridized carbons (Fsp3) is 0.429. The van der Waals surface area contributed by atoms with Crippen LogP contribution >= 0.6 is 23.2 Å². The van der Waals surface area contributed by atoms with Gasteiger partial charge in [0.2, 0.25) is 0 Å². The first-order chi connectivity index (χ1) is 9.69. The van der Waals surface area contributed by atoms with Gasteiger partial charge < -0.3 is 16.4 Å². The fourth-order valence-corrected chi connectivity index (χ4v) is 1.81. The predicted molar refractivity (Wildman–Crippen MR) is 88.2 cm³/mol. The summed E-state index contributed by atoms with van der Waals surface area (Å²) >= 11 is 11.7. The number of carbonyl (C=O) groups is 1. The van der Waals surface area contributed by atoms with E-state index < -0.39 is 0 Å². The molecule has 1 aromatic rings. The summed E-state index contributed by atoms with van der Waals surface area (Å²) in [6.45, 7) is 6.73. The number of amides is 1. The minimum atomic E-state index is -0.230. The molecule has 1 rings (SSSR count). The Labute approximate surface area is 134 Å². The molecule has 0 spiro atoms. The van der Waals surface area contributed by atoms with Crippen LogP contribution in [0.3, 0.4) is 0 Å². The molecule has 1 amide bonds. The van der Waals surface area contributed by atoms with Crippen molar-refractivity contribution in [2.75, 3.05) is 13.1 Å². The molecule has 1 aromatic carbocycles. The highest BCUT2D eigenvalue weighted by atomic mass is 35.5. The van der Waals surface area contributed by atoms with Gasteiger partial charge >= 0.3 is 0 Å². The maximum absolute atomic E-state index is 11.9. The van der Waals surface area contributed by atoms with Gasteiger partial charge in [0, 0.05) is 17.6 Å². The van der Waals surface area contributed by atoms with Gasteiger partial charge in [0.25, 0.3) is 5.91 Å². The van der Waals surface area contributed by atoms with Crippen LogP contribution in [0.1, 0.15) is 31.1 Å². The maximum atomic E-state index is 11.9. The number of rotatable bonds is 4. The van der Waals surface area contributed by atoms with Crippen LogP contribution < -0.4 is 16.4 Å². The van der Waals surface area contributed by atoms with Crippen LogP contribution in [0.15, 0.2) is 23.2 Å². The van der Waals surface area contributed by atoms with Crippen molar-refractivity contribution in [3.8, 4) is 0 Å². The molecule has 0 aliphatic heterocycles. The second-order valence-electron chi connectivity index (χ2n) is 5.53. The second kappa shape index (κ2) is 7.52. The third kappa shape index (κ3) is 6.69. The number of hydrogen-bond acceptors (Lipinski definition) is 2. The lowest BCUT2D eigenvalue weighted by molar-refractivity contribution is 0.0955. The maximum Gasteiger partial charge on any atom is 0.251 e. The number of nitrogens with one attached hydrogen (secondary N) is 2. The Bertz CT molecular complexity index is 538. The average molecular weight is 331 g/mol. The molecule has 0 saturated heterocycles. The van der Waals surface area contributed by atoms with Crippen LogP contribution in [-0.4, -0.2) is 30.5 Å². The molecule has 0 bridgehead atoms. The van der Waals surface area contributed by atoms with Crippen LogP contribution in [0.5, 0.6) is 0 Å². The van der Waals surface area contributed by atoms with Gasteiger partial charge in [-0.3, -0.25) is 9.79 Å². The lowest BCUT2D eigenvalue weighted by atomic mass is 10.1. The minimum Gasteiger partial charge on any atom is -0.370 e. The third-order valence-corrected chi connectivity index (χ3v) is 3.10. The van der Waals surface area contributed by atoms with Gasteiger partial charge in [0.05, 0.1) is 16.6 Å². The van der Waals surface area contributed by atoms with Gasteiger partial charge in [0.15, 0.2) is 5.96 Å². The van der Waals surface area contributed by atoms with Crippen molar-refractivity contribution >= 4 is 35.1 Å². The second-order valence-corrected chi connectivity index (χ2v) is 6.34. The Morgan fingerprint density at radius 1 is 1.29 bits per heavy atom. The summed E-state index contributed by atoms with van der Waals surface area (Å²) in [7, 11) is 0. The number of nitrogens with zero attached hydrogens (tertiary/aromatic N) is 1. The van der Waals surface area contributed by atoms with Crippen LogP contribution in [0.2, 0.25) is 10.0 Å². The molecule has 0 atom stereocenters. The summed E-state index contributed by atoms with van der Waals surface area (Å²) in [5, 5.41) is 6.53. The highest BCUT2D eigenvalue weighted by Gasteiger charge is 2.10. The topological polar surface area (TPSA) is 79.5 Å². The standard InChI is InChI=1S/C14H20Cl2N4O/c1-14(2,3)20-13(17)19-7-6-18-12(21)9-4-5-10(15)11(16)8-9/h4-5,8H,6-7H2,1-3H3,(H,18,21)(H3,17,19,20). The van der Waals surface area contributed by atoms with E-state index in [-0.39, 0.29) is 11.4 Å². The monoisotopic (exact) mass is 330 g/mol. The van der Waals surface area contributed by atoms with E-state index in [9.17, 15) is 4.79 Å². The minimum absolute atomic E-state index is 0.142. The number of guanidine groups is 1. The fourth-order valence-electron chi connectivity index (χ4n) is 1.51. The molecule has 0 fully saturated rings. The summed E-state index contributed by atoms with van der Waals surface area (Å²) in [5.41, 5.74) is 6.03. The van der Waals surface area contributed by atoms with Crippen molar-refractivity contribution in [1.82, 2.24) is 10.6 Å². The first-order valence-corrected chi connectivity index (χ1v) is 7.26. The Morgan fingerprint density at radius 3 is 2.52 bits per heavy atom. The molecule has 0 aliphatic rings. The van der Waals surface area contributed by atoms with Crippen LogP contribution in [-0.2, 0) is 0 Å². The van der Waals surface area contributed by atoms with E-state index in [1.54, 1.807) is 12.1 Å². The van der Waals surface area contributed by atoms with Crippen molar-refractivity contribution < 1.29 is 4.79 Å². The highest BCUT2D eigenvalue weighted by Crippen LogP contribution is 2.22. The summed E-state index contributed by atoms with van der Waals surface area (Å²) in [6, 6.07) is 4.72. The van der Waals surface area contributed by atoms with Crippen molar-refractivity contribution in [3.63, 3.8) is 0 Å². The van der Waals surface area contributed by atoms with E-state index in [1.807, 2.05) is 20.8 Å². The smallest absolute Gasteiger partial charge is 0.251 e. The molecule has 4 N–H and O–H groups in total. The highest BCUT2D eigenvalue weighted by molar-refractivity contribution is 6.42. The number of aliphatic imine (C=N–C) groups is 1. The van der Waals surface area contributed by atoms with E-state index in [4.69, 9.17) is 28.9 Å². The average Bonchev–Trinajstić information content (AvgIpc) is 2.35. The zero-order valence-corrected chi connectivity index (χ0v) is 13.8. The lowest BCUT2D eigenvalue weighted by Crippen LogP contribution is -2.45. The van der Waals surface area contributed by atoms with Gasteiger partial charge in [-0.2, -0.15) is 0 Å². The number of halogens is 2. The molecule has 0 unspecified atom stereocenters. The van der Waals surface area contributed by atoms with Crippen LogP contribution in [0.25, 0.3) is 0 Å². The van der Waals surface area contributed by atoms with E-state index in [1.165, 1.54) is 6.07 Å². The number of carbonyl (C=O) groups excluding carboxylic acids is 1. The Hall–Kier alpha value is -1.46. The van der Waals surface area contributed by atoms with Crippen LogP contribution in [0, 0.1) is 0 Å². The largest absolute Gasteiger partial charge is 0.370 e. The molecule has 0 radical (unpaired) electrons. The van der Waals surface area contributed by atoms with Gasteiger partial charge in [-0.15, -0.1) is 0 Å². The summed E-state index contributed by atoms with van der Waals surface area (Å²) < 4.78 is 0. The molecular formula is C14H20Cl2N4O. The molecule has 21 heavy (non-hydrogen) atoms. The summed E-state index contributed by atoms with van der Waals surface area (Å²) in [4.78, 5) is 16.0.